The first-order valence-electron chi connectivity index (χ1n) is 6.23. The molecule has 104 valence electrons. The number of halogens is 1. The van der Waals surface area contributed by atoms with Gasteiger partial charge in [-0.15, -0.1) is 0 Å². The maximum absolute atomic E-state index is 11.2. The van der Waals surface area contributed by atoms with Gasteiger partial charge >= 0.3 is 5.97 Å². The number of carboxylic acids is 1. The Kier molecular flexibility index (Phi) is 4.39. The molecule has 0 aliphatic carbocycles. The molecule has 0 amide bonds. The van der Waals surface area contributed by atoms with E-state index in [0.717, 1.165) is 15.9 Å². The van der Waals surface area contributed by atoms with E-state index in [1.807, 2.05) is 38.1 Å². The van der Waals surface area contributed by atoms with Gasteiger partial charge in [-0.1, -0.05) is 35.8 Å². The third-order valence-corrected chi connectivity index (χ3v) is 3.27. The quantitative estimate of drug-likeness (QED) is 0.869. The van der Waals surface area contributed by atoms with Crippen LogP contribution in [-0.2, 0) is 0 Å². The number of pyridine rings is 1. The molecule has 2 rings (SSSR count). The van der Waals surface area contributed by atoms with Gasteiger partial charge in [0.1, 0.15) is 5.82 Å². The van der Waals surface area contributed by atoms with Crippen LogP contribution < -0.4 is 5.32 Å². The summed E-state index contributed by atoms with van der Waals surface area (Å²) in [5.74, 6) is -0.254. The van der Waals surface area contributed by atoms with Crippen LogP contribution in [0.5, 0.6) is 0 Å². The number of nitrogens with zero attached hydrogens (tertiary/aromatic N) is 1. The molecule has 2 aromatic rings. The van der Waals surface area contributed by atoms with Gasteiger partial charge < -0.3 is 10.4 Å². The second-order valence-corrected chi connectivity index (χ2v) is 5.68. The molecule has 0 aliphatic rings. The molecular weight excluding hydrogens is 320 g/mol. The van der Waals surface area contributed by atoms with E-state index >= 15 is 0 Å². The smallest absolute Gasteiger partial charge is 0.335 e. The fourth-order valence-electron chi connectivity index (χ4n) is 1.75. The van der Waals surface area contributed by atoms with E-state index in [1.54, 1.807) is 6.07 Å². The van der Waals surface area contributed by atoms with Gasteiger partial charge in [0, 0.05) is 15.9 Å². The topological polar surface area (TPSA) is 62.2 Å². The molecule has 1 aromatic heterocycles. The molecule has 4 nitrogen and oxygen atoms in total. The highest BCUT2D eigenvalue weighted by molar-refractivity contribution is 9.10. The lowest BCUT2D eigenvalue weighted by molar-refractivity contribution is 0.0696. The number of hydrogen-bond acceptors (Lipinski definition) is 3. The minimum Gasteiger partial charge on any atom is -0.478 e. The number of carboxylic acid groups (broad SMARTS) is 1. The lowest BCUT2D eigenvalue weighted by atomic mass is 10.1. The molecule has 0 saturated heterocycles. The van der Waals surface area contributed by atoms with E-state index in [4.69, 9.17) is 5.11 Å². The molecular formula is C15H15BrN2O2. The first-order valence-corrected chi connectivity index (χ1v) is 7.03. The molecule has 0 unspecified atom stereocenters. The molecule has 0 aliphatic heterocycles. The summed E-state index contributed by atoms with van der Waals surface area (Å²) in [5, 5.41) is 12.3. The van der Waals surface area contributed by atoms with Crippen molar-refractivity contribution in [3.05, 3.63) is 52.1 Å². The van der Waals surface area contributed by atoms with E-state index < -0.39 is 5.97 Å². The third kappa shape index (κ3) is 3.57. The van der Waals surface area contributed by atoms with Crippen LogP contribution in [0, 0.1) is 0 Å². The van der Waals surface area contributed by atoms with E-state index in [9.17, 15) is 4.79 Å². The van der Waals surface area contributed by atoms with E-state index in [0.29, 0.717) is 5.82 Å². The Morgan fingerprint density at radius 2 is 2.05 bits per heavy atom. The van der Waals surface area contributed by atoms with E-state index in [1.165, 1.54) is 6.07 Å². The van der Waals surface area contributed by atoms with Crippen LogP contribution >= 0.6 is 15.9 Å². The van der Waals surface area contributed by atoms with Gasteiger partial charge in [-0.05, 0) is 36.2 Å². The van der Waals surface area contributed by atoms with Gasteiger partial charge in [0.05, 0.1) is 5.56 Å². The Bertz CT molecular complexity index is 642. The fraction of sp³-hybridized carbons (Fsp3) is 0.200. The molecule has 20 heavy (non-hydrogen) atoms. The van der Waals surface area contributed by atoms with Crippen molar-refractivity contribution in [1.82, 2.24) is 4.98 Å². The second kappa shape index (κ2) is 6.05. The zero-order valence-corrected chi connectivity index (χ0v) is 12.8. The first-order chi connectivity index (χ1) is 9.45. The summed E-state index contributed by atoms with van der Waals surface area (Å²) < 4.78 is 0.945. The Morgan fingerprint density at radius 1 is 1.30 bits per heavy atom. The van der Waals surface area contributed by atoms with E-state index in [2.05, 4.69) is 26.2 Å². The number of hydrogen-bond donors (Lipinski definition) is 2. The van der Waals surface area contributed by atoms with Crippen molar-refractivity contribution < 1.29 is 9.90 Å². The predicted molar refractivity (Wildman–Crippen MR) is 82.7 cm³/mol. The van der Waals surface area contributed by atoms with Crippen LogP contribution in [0.15, 0.2) is 40.9 Å². The largest absolute Gasteiger partial charge is 0.478 e. The summed E-state index contributed by atoms with van der Waals surface area (Å²) in [6, 6.07) is 10.8. The van der Waals surface area contributed by atoms with Crippen molar-refractivity contribution in [3.63, 3.8) is 0 Å². The predicted octanol–water partition coefficient (Wildman–Crippen LogP) is 4.41. The van der Waals surface area contributed by atoms with Gasteiger partial charge in [-0.3, -0.25) is 0 Å². The number of benzene rings is 1. The second-order valence-electron chi connectivity index (χ2n) is 4.76. The van der Waals surface area contributed by atoms with Gasteiger partial charge in [-0.25, -0.2) is 9.78 Å². The molecule has 5 heteroatoms. The molecule has 1 heterocycles. The summed E-state index contributed by atoms with van der Waals surface area (Å²) in [4.78, 5) is 15.6. The van der Waals surface area contributed by atoms with Crippen molar-refractivity contribution in [2.45, 2.75) is 19.8 Å². The summed E-state index contributed by atoms with van der Waals surface area (Å²) in [6.07, 6.45) is 0. The maximum atomic E-state index is 11.2. The lowest BCUT2D eigenvalue weighted by Gasteiger charge is -2.11. The SMILES string of the molecule is CC(C)c1cc(C(=O)O)cc(Nc2cccc(Br)c2)n1. The minimum atomic E-state index is -0.952. The Labute approximate surface area is 126 Å². The highest BCUT2D eigenvalue weighted by Gasteiger charge is 2.11. The van der Waals surface area contributed by atoms with Crippen LogP contribution in [-0.4, -0.2) is 16.1 Å². The summed E-state index contributed by atoms with van der Waals surface area (Å²) in [7, 11) is 0. The van der Waals surface area contributed by atoms with Crippen molar-refractivity contribution >= 4 is 33.4 Å². The third-order valence-electron chi connectivity index (χ3n) is 2.78. The van der Waals surface area contributed by atoms with Crippen molar-refractivity contribution in [1.29, 1.82) is 0 Å². The number of aromatic nitrogens is 1. The number of aromatic carboxylic acids is 1. The summed E-state index contributed by atoms with van der Waals surface area (Å²) in [6.45, 7) is 3.97. The molecule has 0 atom stereocenters. The van der Waals surface area contributed by atoms with Gasteiger partial charge in [0.2, 0.25) is 0 Å². The molecule has 0 bridgehead atoms. The van der Waals surface area contributed by atoms with Gasteiger partial charge in [0.15, 0.2) is 0 Å². The molecule has 0 saturated carbocycles. The average Bonchev–Trinajstić information content (AvgIpc) is 2.38. The number of nitrogens with one attached hydrogen (secondary N) is 1. The van der Waals surface area contributed by atoms with Crippen molar-refractivity contribution in [3.8, 4) is 0 Å². The van der Waals surface area contributed by atoms with Crippen molar-refractivity contribution in [2.24, 2.45) is 0 Å². The molecule has 0 radical (unpaired) electrons. The van der Waals surface area contributed by atoms with Crippen LogP contribution in [0.3, 0.4) is 0 Å². The van der Waals surface area contributed by atoms with Crippen LogP contribution in [0.4, 0.5) is 11.5 Å². The molecule has 0 fully saturated rings. The minimum absolute atomic E-state index is 0.164. The van der Waals surface area contributed by atoms with E-state index in [-0.39, 0.29) is 11.5 Å². The van der Waals surface area contributed by atoms with Gasteiger partial charge in [-0.2, -0.15) is 0 Å². The fourth-order valence-corrected chi connectivity index (χ4v) is 2.15. The molecule has 1 aromatic carbocycles. The Balaban J connectivity index is 2.38. The number of anilines is 2. The number of rotatable bonds is 4. The monoisotopic (exact) mass is 334 g/mol. The Morgan fingerprint density at radius 3 is 2.65 bits per heavy atom. The maximum Gasteiger partial charge on any atom is 0.335 e. The van der Waals surface area contributed by atoms with Crippen LogP contribution in [0.2, 0.25) is 0 Å². The zero-order valence-electron chi connectivity index (χ0n) is 11.2. The first kappa shape index (κ1) is 14.5. The lowest BCUT2D eigenvalue weighted by Crippen LogP contribution is -2.04. The zero-order chi connectivity index (χ0) is 14.7. The summed E-state index contributed by atoms with van der Waals surface area (Å²) >= 11 is 3.40. The standard InChI is InChI=1S/C15H15BrN2O2/c1-9(2)13-6-10(15(19)20)7-14(18-13)17-12-5-3-4-11(16)8-12/h3-9H,1-2H3,(H,17,18)(H,19,20). The molecule has 2 N–H and O–H groups in total. The highest BCUT2D eigenvalue weighted by Crippen LogP contribution is 2.22. The normalized spacial score (nSPS) is 10.6. The van der Waals surface area contributed by atoms with Gasteiger partial charge in [0.25, 0.3) is 0 Å². The van der Waals surface area contributed by atoms with Crippen LogP contribution in [0.25, 0.3) is 0 Å². The average molecular weight is 335 g/mol. The van der Waals surface area contributed by atoms with Crippen LogP contribution in [0.1, 0.15) is 35.8 Å². The highest BCUT2D eigenvalue weighted by atomic mass is 79.9. The molecule has 0 spiro atoms. The number of carbonyl (C=O) groups is 1. The Hall–Kier alpha value is -1.88. The van der Waals surface area contributed by atoms with Crippen molar-refractivity contribution in [2.75, 3.05) is 5.32 Å². The summed E-state index contributed by atoms with van der Waals surface area (Å²) in [5.41, 5.74) is 1.84.